The second kappa shape index (κ2) is 8.47. The minimum atomic E-state index is -0.833. The van der Waals surface area contributed by atoms with E-state index in [0.29, 0.717) is 18.6 Å². The van der Waals surface area contributed by atoms with E-state index in [-0.39, 0.29) is 11.3 Å². The average molecular weight is 389 g/mol. The Hall–Kier alpha value is -2.15. The van der Waals surface area contributed by atoms with Gasteiger partial charge in [0.25, 0.3) is 5.97 Å². The van der Waals surface area contributed by atoms with Gasteiger partial charge in [0.05, 0.1) is 17.7 Å². The fourth-order valence-corrected chi connectivity index (χ4v) is 4.83. The van der Waals surface area contributed by atoms with Crippen LogP contribution in [0.1, 0.15) is 69.8 Å². The van der Waals surface area contributed by atoms with Crippen molar-refractivity contribution in [3.05, 3.63) is 28.6 Å². The summed E-state index contributed by atoms with van der Waals surface area (Å²) in [5, 5.41) is 21.8. The molecule has 7 nitrogen and oxygen atoms in total. The van der Waals surface area contributed by atoms with Gasteiger partial charge < -0.3 is 15.7 Å². The summed E-state index contributed by atoms with van der Waals surface area (Å²) in [6.07, 6.45) is 9.74. The number of hydrogen-bond donors (Lipinski definition) is 4. The maximum absolute atomic E-state index is 13.1. The average Bonchev–Trinajstić information content (AvgIpc) is 3.38. The third-order valence-electron chi connectivity index (χ3n) is 6.15. The normalized spacial score (nSPS) is 27.0. The fourth-order valence-electron chi connectivity index (χ4n) is 4.83. The fraction of sp³-hybridized carbons (Fsp3) is 0.667. The van der Waals surface area contributed by atoms with Crippen molar-refractivity contribution >= 4 is 11.9 Å². The van der Waals surface area contributed by atoms with Gasteiger partial charge in [0.2, 0.25) is 5.91 Å². The molecular formula is C21H32N4O3. The van der Waals surface area contributed by atoms with E-state index in [0.717, 1.165) is 44.7 Å². The van der Waals surface area contributed by atoms with Gasteiger partial charge in [-0.1, -0.05) is 11.6 Å². The number of hydrogen-bond acceptors (Lipinski definition) is 4. The molecule has 1 aromatic rings. The maximum atomic E-state index is 13.1. The quantitative estimate of drug-likeness (QED) is 0.580. The van der Waals surface area contributed by atoms with Crippen molar-refractivity contribution in [2.75, 3.05) is 0 Å². The zero-order valence-electron chi connectivity index (χ0n) is 17.1. The molecule has 1 amide bonds. The lowest BCUT2D eigenvalue weighted by Gasteiger charge is -2.34. The number of carbonyl (C=O) groups is 2. The summed E-state index contributed by atoms with van der Waals surface area (Å²) < 4.78 is 0. The topological polar surface area (TPSA) is 107 Å². The standard InChI is InChI=1S/C19H28N4O.C2H4O2/c1-12(2)8-9-19(10-13-6-7-17(19)21-13)18(24)20-11-16-14-4-3-5-15(14)22-23-16;1-2(3)4/h8,13,17,21H,3-7,9-11H2,1-2H3,(H,20,24)(H,22,23);1H3,(H,3,4)/t13-,17+,19+;/m0./s1. The molecule has 154 valence electrons. The van der Waals surface area contributed by atoms with Crippen molar-refractivity contribution in [2.45, 2.75) is 84.3 Å². The van der Waals surface area contributed by atoms with Crippen LogP contribution in [-0.4, -0.2) is 39.3 Å². The Kier molecular flexibility index (Phi) is 6.23. The Morgan fingerprint density at radius 3 is 2.64 bits per heavy atom. The minimum Gasteiger partial charge on any atom is -0.481 e. The van der Waals surface area contributed by atoms with Gasteiger partial charge in [-0.15, -0.1) is 0 Å². The first-order valence-electron chi connectivity index (χ1n) is 10.2. The second-order valence-electron chi connectivity index (χ2n) is 8.52. The van der Waals surface area contributed by atoms with Crippen LogP contribution in [0.4, 0.5) is 0 Å². The number of rotatable bonds is 5. The molecule has 0 spiro atoms. The van der Waals surface area contributed by atoms with Crippen LogP contribution in [0.5, 0.6) is 0 Å². The summed E-state index contributed by atoms with van der Waals surface area (Å²) in [7, 11) is 0. The van der Waals surface area contributed by atoms with Crippen LogP contribution >= 0.6 is 0 Å². The van der Waals surface area contributed by atoms with Crippen LogP contribution in [0.15, 0.2) is 11.6 Å². The molecule has 3 atom stereocenters. The first kappa shape index (κ1) is 20.6. The molecule has 3 aliphatic rings. The van der Waals surface area contributed by atoms with Gasteiger partial charge in [-0.3, -0.25) is 14.7 Å². The predicted octanol–water partition coefficient (Wildman–Crippen LogP) is 2.47. The number of nitrogens with zero attached hydrogens (tertiary/aromatic N) is 1. The van der Waals surface area contributed by atoms with E-state index < -0.39 is 5.97 Å². The highest BCUT2D eigenvalue weighted by Crippen LogP contribution is 2.46. The summed E-state index contributed by atoms with van der Waals surface area (Å²) in [5.74, 6) is -0.630. The summed E-state index contributed by atoms with van der Waals surface area (Å²) in [6.45, 7) is 5.86. The van der Waals surface area contributed by atoms with Crippen LogP contribution in [0.25, 0.3) is 0 Å². The Labute approximate surface area is 166 Å². The number of aromatic nitrogens is 2. The highest BCUT2D eigenvalue weighted by atomic mass is 16.4. The van der Waals surface area contributed by atoms with Crippen molar-refractivity contribution in [1.29, 1.82) is 0 Å². The largest absolute Gasteiger partial charge is 0.481 e. The summed E-state index contributed by atoms with van der Waals surface area (Å²) >= 11 is 0. The number of aryl methyl sites for hydroxylation is 1. The van der Waals surface area contributed by atoms with Gasteiger partial charge in [0, 0.05) is 24.7 Å². The molecule has 4 N–H and O–H groups in total. The van der Waals surface area contributed by atoms with Gasteiger partial charge in [0.15, 0.2) is 0 Å². The monoisotopic (exact) mass is 388 g/mol. The van der Waals surface area contributed by atoms with E-state index in [4.69, 9.17) is 9.90 Å². The first-order chi connectivity index (χ1) is 13.3. The Bertz CT molecular complexity index is 762. The number of aromatic amines is 1. The van der Waals surface area contributed by atoms with Crippen molar-refractivity contribution in [3.63, 3.8) is 0 Å². The zero-order chi connectivity index (χ0) is 20.3. The molecule has 7 heteroatoms. The highest BCUT2D eigenvalue weighted by molar-refractivity contribution is 5.84. The van der Waals surface area contributed by atoms with E-state index in [1.54, 1.807) is 0 Å². The van der Waals surface area contributed by atoms with Crippen LogP contribution in [-0.2, 0) is 29.0 Å². The molecule has 0 saturated carbocycles. The lowest BCUT2D eigenvalue weighted by Crippen LogP contribution is -2.48. The summed E-state index contributed by atoms with van der Waals surface area (Å²) in [5.41, 5.74) is 4.64. The molecule has 2 fully saturated rings. The number of carboxylic acid groups (broad SMARTS) is 1. The highest BCUT2D eigenvalue weighted by Gasteiger charge is 2.54. The van der Waals surface area contributed by atoms with E-state index in [1.165, 1.54) is 29.7 Å². The number of fused-ring (bicyclic) bond motifs is 3. The number of carboxylic acids is 1. The molecule has 1 aromatic heterocycles. The summed E-state index contributed by atoms with van der Waals surface area (Å²) in [6, 6.07) is 0.837. The molecule has 0 unspecified atom stereocenters. The van der Waals surface area contributed by atoms with E-state index >= 15 is 0 Å². The van der Waals surface area contributed by atoms with Gasteiger partial charge in [-0.2, -0.15) is 5.10 Å². The number of H-pyrrole nitrogens is 1. The molecule has 4 rings (SSSR count). The number of amides is 1. The van der Waals surface area contributed by atoms with Gasteiger partial charge in [-0.25, -0.2) is 0 Å². The lowest BCUT2D eigenvalue weighted by molar-refractivity contribution is -0.134. The Morgan fingerprint density at radius 2 is 2.04 bits per heavy atom. The third kappa shape index (κ3) is 4.29. The van der Waals surface area contributed by atoms with Crippen LogP contribution in [0.2, 0.25) is 0 Å². The van der Waals surface area contributed by atoms with Crippen molar-refractivity contribution in [2.24, 2.45) is 5.41 Å². The minimum absolute atomic E-state index is 0.203. The molecule has 3 heterocycles. The van der Waals surface area contributed by atoms with Crippen molar-refractivity contribution in [1.82, 2.24) is 20.8 Å². The molecule has 2 aliphatic heterocycles. The number of nitrogens with one attached hydrogen (secondary N) is 3. The van der Waals surface area contributed by atoms with Crippen LogP contribution < -0.4 is 10.6 Å². The molecular weight excluding hydrogens is 356 g/mol. The van der Waals surface area contributed by atoms with Gasteiger partial charge >= 0.3 is 0 Å². The van der Waals surface area contributed by atoms with Crippen LogP contribution in [0.3, 0.4) is 0 Å². The predicted molar refractivity (Wildman–Crippen MR) is 107 cm³/mol. The number of carbonyl (C=O) groups excluding carboxylic acids is 1. The summed E-state index contributed by atoms with van der Waals surface area (Å²) in [4.78, 5) is 22.1. The van der Waals surface area contributed by atoms with Crippen molar-refractivity contribution in [3.8, 4) is 0 Å². The Morgan fingerprint density at radius 1 is 1.29 bits per heavy atom. The molecule has 2 bridgehead atoms. The Balaban J connectivity index is 0.000000516. The van der Waals surface area contributed by atoms with E-state index in [9.17, 15) is 4.79 Å². The second-order valence-corrected chi connectivity index (χ2v) is 8.52. The number of aliphatic carboxylic acids is 1. The van der Waals surface area contributed by atoms with Gasteiger partial charge in [-0.05, 0) is 64.4 Å². The maximum Gasteiger partial charge on any atom is 0.300 e. The van der Waals surface area contributed by atoms with Crippen molar-refractivity contribution < 1.29 is 14.7 Å². The first-order valence-corrected chi connectivity index (χ1v) is 10.2. The zero-order valence-corrected chi connectivity index (χ0v) is 17.1. The third-order valence-corrected chi connectivity index (χ3v) is 6.15. The molecule has 0 aromatic carbocycles. The molecule has 0 radical (unpaired) electrons. The molecule has 2 saturated heterocycles. The van der Waals surface area contributed by atoms with E-state index in [1.807, 2.05) is 0 Å². The molecule has 28 heavy (non-hydrogen) atoms. The number of allylic oxidation sites excluding steroid dienone is 2. The van der Waals surface area contributed by atoms with Gasteiger partial charge in [0.1, 0.15) is 0 Å². The lowest BCUT2D eigenvalue weighted by atomic mass is 9.70. The smallest absolute Gasteiger partial charge is 0.300 e. The SMILES string of the molecule is CC(=O)O.CC(C)=CC[C@@]1(C(=O)NCc2n[nH]c3c2CCC3)C[C@@H]2CC[C@H]1N2. The molecule has 1 aliphatic carbocycles. The van der Waals surface area contributed by atoms with E-state index in [2.05, 4.69) is 40.8 Å². The van der Waals surface area contributed by atoms with Crippen LogP contribution in [0, 0.1) is 5.41 Å².